The average molecular weight is 405 g/mol. The third-order valence-corrected chi connectivity index (χ3v) is 6.69. The lowest BCUT2D eigenvalue weighted by Gasteiger charge is -2.38. The zero-order valence-electron chi connectivity index (χ0n) is 18.1. The summed E-state index contributed by atoms with van der Waals surface area (Å²) >= 11 is 0. The second-order valence-electron chi connectivity index (χ2n) is 8.64. The van der Waals surface area contributed by atoms with E-state index in [1.54, 1.807) is 0 Å². The number of aryl methyl sites for hydroxylation is 1. The summed E-state index contributed by atoms with van der Waals surface area (Å²) in [5.74, 6) is 0.300. The molecule has 0 radical (unpaired) electrons. The molecule has 1 aliphatic carbocycles. The molecule has 1 saturated carbocycles. The average Bonchev–Trinajstić information content (AvgIpc) is 2.80. The number of carbonyl (C=O) groups is 2. The first-order chi connectivity index (χ1) is 14.6. The van der Waals surface area contributed by atoms with Crippen molar-refractivity contribution >= 4 is 23.2 Å². The minimum Gasteiger partial charge on any atom is -0.312 e. The molecule has 4 rings (SSSR count). The molecule has 2 aliphatic rings. The van der Waals surface area contributed by atoms with Gasteiger partial charge in [0, 0.05) is 30.4 Å². The molecule has 30 heavy (non-hydrogen) atoms. The predicted molar refractivity (Wildman–Crippen MR) is 122 cm³/mol. The van der Waals surface area contributed by atoms with Crippen molar-refractivity contribution in [3.8, 4) is 0 Å². The molecule has 1 heterocycles. The van der Waals surface area contributed by atoms with Crippen LogP contribution in [0.3, 0.4) is 0 Å². The number of nitrogens with zero attached hydrogens (tertiary/aromatic N) is 2. The van der Waals surface area contributed by atoms with Gasteiger partial charge in [0.05, 0.1) is 5.92 Å². The lowest BCUT2D eigenvalue weighted by Crippen LogP contribution is -2.44. The van der Waals surface area contributed by atoms with Crippen LogP contribution in [0.25, 0.3) is 0 Å². The molecular weight excluding hydrogens is 372 g/mol. The first kappa shape index (κ1) is 20.6. The number of likely N-dealkylation sites (N-methyl/N-ethyl adjacent to an activating group) is 1. The van der Waals surface area contributed by atoms with Crippen LogP contribution in [0.2, 0.25) is 0 Å². The Bertz CT molecular complexity index is 900. The van der Waals surface area contributed by atoms with Crippen molar-refractivity contribution in [1.82, 2.24) is 0 Å². The molecular formula is C26H32N2O2. The van der Waals surface area contributed by atoms with E-state index in [0.29, 0.717) is 19.5 Å². The Morgan fingerprint density at radius 1 is 0.967 bits per heavy atom. The summed E-state index contributed by atoms with van der Waals surface area (Å²) < 4.78 is 0. The number of amides is 2. The van der Waals surface area contributed by atoms with Gasteiger partial charge in [0.1, 0.15) is 0 Å². The summed E-state index contributed by atoms with van der Waals surface area (Å²) in [5, 5.41) is 0. The van der Waals surface area contributed by atoms with Gasteiger partial charge in [-0.25, -0.2) is 0 Å². The van der Waals surface area contributed by atoms with Gasteiger partial charge in [-0.1, -0.05) is 55.2 Å². The van der Waals surface area contributed by atoms with E-state index in [-0.39, 0.29) is 23.7 Å². The Balaban J connectivity index is 1.60. The smallest absolute Gasteiger partial charge is 0.234 e. The molecule has 1 atom stereocenters. The molecule has 158 valence electrons. The number of rotatable bonds is 4. The highest BCUT2D eigenvalue weighted by Crippen LogP contribution is 2.39. The molecule has 1 fully saturated rings. The van der Waals surface area contributed by atoms with Gasteiger partial charge in [-0.3, -0.25) is 9.59 Å². The fraction of sp³-hybridized carbons (Fsp3) is 0.462. The summed E-state index contributed by atoms with van der Waals surface area (Å²) in [6.45, 7) is 5.32. The second kappa shape index (κ2) is 9.03. The number of hydrogen-bond donors (Lipinski definition) is 0. The summed E-state index contributed by atoms with van der Waals surface area (Å²) in [5.41, 5.74) is 4.04. The van der Waals surface area contributed by atoms with E-state index in [0.717, 1.165) is 42.6 Å². The molecule has 0 aromatic heterocycles. The van der Waals surface area contributed by atoms with Crippen molar-refractivity contribution in [2.75, 3.05) is 22.9 Å². The van der Waals surface area contributed by atoms with Crippen LogP contribution in [0.5, 0.6) is 0 Å². The van der Waals surface area contributed by atoms with Crippen LogP contribution in [0.1, 0.15) is 62.5 Å². The van der Waals surface area contributed by atoms with Crippen molar-refractivity contribution in [2.24, 2.45) is 5.92 Å². The summed E-state index contributed by atoms with van der Waals surface area (Å²) in [4.78, 5) is 30.7. The summed E-state index contributed by atoms with van der Waals surface area (Å²) in [6, 6.07) is 16.1. The van der Waals surface area contributed by atoms with Gasteiger partial charge in [0.25, 0.3) is 0 Å². The Morgan fingerprint density at radius 2 is 1.67 bits per heavy atom. The van der Waals surface area contributed by atoms with E-state index in [1.807, 2.05) is 65.3 Å². The van der Waals surface area contributed by atoms with Gasteiger partial charge in [-0.15, -0.1) is 0 Å². The molecule has 2 amide bonds. The van der Waals surface area contributed by atoms with E-state index in [9.17, 15) is 9.59 Å². The topological polar surface area (TPSA) is 40.6 Å². The molecule has 0 spiro atoms. The monoisotopic (exact) mass is 404 g/mol. The first-order valence-electron chi connectivity index (χ1n) is 11.4. The maximum absolute atomic E-state index is 13.6. The first-order valence-corrected chi connectivity index (χ1v) is 11.4. The maximum atomic E-state index is 13.6. The molecule has 0 saturated heterocycles. The number of anilines is 2. The highest BCUT2D eigenvalue weighted by atomic mass is 16.2. The Hall–Kier alpha value is -2.62. The standard InChI is InChI=1S/C26H32N2O2/c1-3-27(21-15-13-19(2)14-16-21)26(30)23-17-18-28(24-12-8-7-11-22(23)24)25(29)20-9-5-4-6-10-20/h7-8,11-16,20,23H,3-6,9-10,17-18H2,1-2H3/t23-/m0/s1. The SMILES string of the molecule is CCN(C(=O)[C@H]1CCN(C(=O)C2CCCCC2)c2ccccc21)c1ccc(C)cc1. The van der Waals surface area contributed by atoms with Gasteiger partial charge in [0.2, 0.25) is 11.8 Å². The van der Waals surface area contributed by atoms with Gasteiger partial charge >= 0.3 is 0 Å². The zero-order valence-corrected chi connectivity index (χ0v) is 18.1. The lowest BCUT2D eigenvalue weighted by atomic mass is 9.85. The quantitative estimate of drug-likeness (QED) is 0.680. The Morgan fingerprint density at radius 3 is 2.37 bits per heavy atom. The zero-order chi connectivity index (χ0) is 21.1. The van der Waals surface area contributed by atoms with Crippen LogP contribution in [-0.2, 0) is 9.59 Å². The van der Waals surface area contributed by atoms with Gasteiger partial charge in [0.15, 0.2) is 0 Å². The molecule has 0 N–H and O–H groups in total. The summed E-state index contributed by atoms with van der Waals surface area (Å²) in [6.07, 6.45) is 6.21. The molecule has 2 aromatic rings. The fourth-order valence-electron chi connectivity index (χ4n) is 5.00. The number of fused-ring (bicyclic) bond motifs is 1. The van der Waals surface area contributed by atoms with Crippen molar-refractivity contribution in [1.29, 1.82) is 0 Å². The van der Waals surface area contributed by atoms with Gasteiger partial charge < -0.3 is 9.80 Å². The van der Waals surface area contributed by atoms with Crippen LogP contribution >= 0.6 is 0 Å². The molecule has 0 bridgehead atoms. The van der Waals surface area contributed by atoms with E-state index in [1.165, 1.54) is 12.0 Å². The van der Waals surface area contributed by atoms with Crippen LogP contribution in [0.4, 0.5) is 11.4 Å². The van der Waals surface area contributed by atoms with E-state index in [4.69, 9.17) is 0 Å². The van der Waals surface area contributed by atoms with E-state index < -0.39 is 0 Å². The Kier molecular flexibility index (Phi) is 6.21. The summed E-state index contributed by atoms with van der Waals surface area (Å²) in [7, 11) is 0. The van der Waals surface area contributed by atoms with Crippen LogP contribution < -0.4 is 9.80 Å². The van der Waals surface area contributed by atoms with Crippen molar-refractivity contribution < 1.29 is 9.59 Å². The molecule has 1 aliphatic heterocycles. The highest BCUT2D eigenvalue weighted by molar-refractivity contribution is 6.02. The number of benzene rings is 2. The van der Waals surface area contributed by atoms with Gasteiger partial charge in [-0.05, 0) is 56.9 Å². The normalized spacial score (nSPS) is 19.3. The van der Waals surface area contributed by atoms with Crippen molar-refractivity contribution in [3.05, 3.63) is 59.7 Å². The molecule has 4 heteroatoms. The maximum Gasteiger partial charge on any atom is 0.234 e. The highest BCUT2D eigenvalue weighted by Gasteiger charge is 2.36. The second-order valence-corrected chi connectivity index (χ2v) is 8.64. The minimum atomic E-state index is -0.210. The van der Waals surface area contributed by atoms with Crippen molar-refractivity contribution in [2.45, 2.75) is 58.3 Å². The van der Waals surface area contributed by atoms with Crippen molar-refractivity contribution in [3.63, 3.8) is 0 Å². The largest absolute Gasteiger partial charge is 0.312 e. The molecule has 2 aromatic carbocycles. The number of para-hydroxylation sites is 1. The van der Waals surface area contributed by atoms with Crippen LogP contribution in [0.15, 0.2) is 48.5 Å². The number of carbonyl (C=O) groups excluding carboxylic acids is 2. The number of hydrogen-bond acceptors (Lipinski definition) is 2. The molecule has 0 unspecified atom stereocenters. The Labute approximate surface area is 179 Å². The van der Waals surface area contributed by atoms with Gasteiger partial charge in [-0.2, -0.15) is 0 Å². The molecule has 4 nitrogen and oxygen atoms in total. The van der Waals surface area contributed by atoms with Crippen LogP contribution in [0, 0.1) is 12.8 Å². The van der Waals surface area contributed by atoms with E-state index in [2.05, 4.69) is 6.92 Å². The van der Waals surface area contributed by atoms with Crippen LogP contribution in [-0.4, -0.2) is 24.9 Å². The minimum absolute atomic E-state index is 0.124. The lowest BCUT2D eigenvalue weighted by molar-refractivity contribution is -0.124. The fourth-order valence-corrected chi connectivity index (χ4v) is 5.00. The third kappa shape index (κ3) is 4.00. The predicted octanol–water partition coefficient (Wildman–Crippen LogP) is 5.45. The van der Waals surface area contributed by atoms with E-state index >= 15 is 0 Å². The third-order valence-electron chi connectivity index (χ3n) is 6.69.